The molecule has 0 aliphatic carbocycles. The Labute approximate surface area is 295 Å². The lowest BCUT2D eigenvalue weighted by atomic mass is 10.0. The smallest absolute Gasteiger partial charge is 0.417 e. The Hall–Kier alpha value is -4.55. The first-order chi connectivity index (χ1) is 23.7. The van der Waals surface area contributed by atoms with E-state index in [9.17, 15) is 31.2 Å². The number of nitrogens with zero attached hydrogens (tertiary/aromatic N) is 2. The summed E-state index contributed by atoms with van der Waals surface area (Å²) >= 11 is 5.89. The first kappa shape index (κ1) is 38.3. The molecule has 4 rings (SSSR count). The Balaban J connectivity index is 1.86. The van der Waals surface area contributed by atoms with Gasteiger partial charge in [0, 0.05) is 19.5 Å². The summed E-state index contributed by atoms with van der Waals surface area (Å²) in [4.78, 5) is 29.5. The van der Waals surface area contributed by atoms with Crippen LogP contribution in [0.5, 0.6) is 5.75 Å². The van der Waals surface area contributed by atoms with Crippen molar-refractivity contribution in [3.05, 3.63) is 124 Å². The lowest BCUT2D eigenvalue weighted by Crippen LogP contribution is -2.53. The molecule has 0 spiro atoms. The molecule has 4 aromatic carbocycles. The van der Waals surface area contributed by atoms with Crippen LogP contribution in [0.25, 0.3) is 0 Å². The number of alkyl halides is 3. The topological polar surface area (TPSA) is 96.0 Å². The Bertz CT molecular complexity index is 1870. The molecule has 1 unspecified atom stereocenters. The van der Waals surface area contributed by atoms with Gasteiger partial charge in [-0.05, 0) is 66.9 Å². The van der Waals surface area contributed by atoms with Crippen LogP contribution in [0.3, 0.4) is 0 Å². The third-order valence-corrected chi connectivity index (χ3v) is 10.1. The summed E-state index contributed by atoms with van der Waals surface area (Å²) in [6, 6.07) is 23.1. The third kappa shape index (κ3) is 9.79. The van der Waals surface area contributed by atoms with Gasteiger partial charge < -0.3 is 15.0 Å². The fourth-order valence-electron chi connectivity index (χ4n) is 5.28. The number of benzene rings is 4. The summed E-state index contributed by atoms with van der Waals surface area (Å²) in [5.74, 6) is -0.790. The summed E-state index contributed by atoms with van der Waals surface area (Å²) in [6.45, 7) is 3.01. The van der Waals surface area contributed by atoms with E-state index in [1.54, 1.807) is 67.6 Å². The van der Waals surface area contributed by atoms with E-state index in [-0.39, 0.29) is 17.9 Å². The SMILES string of the molecule is CCCCNC(=O)C(Cc1ccccc1)N(Cc1cccc(OC)c1)C(=O)CN(c1ccc(Cl)c(C(F)(F)F)c1)S(=O)(=O)c1ccc(C)cc1. The molecule has 0 aliphatic heterocycles. The number of halogens is 4. The molecule has 0 saturated heterocycles. The number of anilines is 1. The number of ether oxygens (including phenoxy) is 1. The minimum atomic E-state index is -4.91. The van der Waals surface area contributed by atoms with Crippen LogP contribution in [-0.4, -0.2) is 51.4 Å². The zero-order valence-electron chi connectivity index (χ0n) is 27.9. The quantitative estimate of drug-likeness (QED) is 0.129. The van der Waals surface area contributed by atoms with Crippen molar-refractivity contribution in [1.82, 2.24) is 10.2 Å². The van der Waals surface area contributed by atoms with Gasteiger partial charge in [0.25, 0.3) is 10.0 Å². The molecule has 1 atom stereocenters. The first-order valence-corrected chi connectivity index (χ1v) is 17.8. The highest BCUT2D eigenvalue weighted by molar-refractivity contribution is 7.92. The van der Waals surface area contributed by atoms with Crippen molar-refractivity contribution in [2.45, 2.75) is 56.8 Å². The van der Waals surface area contributed by atoms with Crippen LogP contribution in [-0.2, 0) is 38.8 Å². The van der Waals surface area contributed by atoms with Gasteiger partial charge in [0.15, 0.2) is 0 Å². The summed E-state index contributed by atoms with van der Waals surface area (Å²) in [7, 11) is -3.14. The number of methoxy groups -OCH3 is 1. The number of sulfonamides is 1. The summed E-state index contributed by atoms with van der Waals surface area (Å²) in [6.07, 6.45) is -3.33. The molecule has 0 aliphatic rings. The molecule has 2 amide bonds. The van der Waals surface area contributed by atoms with E-state index in [0.717, 1.165) is 29.7 Å². The number of amides is 2. The van der Waals surface area contributed by atoms with Crippen molar-refractivity contribution in [3.63, 3.8) is 0 Å². The number of carbonyl (C=O) groups is 2. The molecule has 1 N–H and O–H groups in total. The van der Waals surface area contributed by atoms with Gasteiger partial charge in [0.05, 0.1) is 28.3 Å². The first-order valence-electron chi connectivity index (χ1n) is 15.9. The molecule has 266 valence electrons. The number of rotatable bonds is 15. The molecule has 0 radical (unpaired) electrons. The predicted molar refractivity (Wildman–Crippen MR) is 188 cm³/mol. The minimum absolute atomic E-state index is 0.0817. The number of hydrogen-bond donors (Lipinski definition) is 1. The summed E-state index contributed by atoms with van der Waals surface area (Å²) in [5.41, 5.74) is 0.376. The molecular weight excluding hydrogens is 691 g/mol. The number of nitrogens with one attached hydrogen (secondary N) is 1. The highest BCUT2D eigenvalue weighted by Crippen LogP contribution is 2.38. The van der Waals surface area contributed by atoms with Crippen LogP contribution in [0.15, 0.2) is 102 Å². The third-order valence-electron chi connectivity index (χ3n) is 8.02. The van der Waals surface area contributed by atoms with Crippen molar-refractivity contribution in [2.75, 3.05) is 24.5 Å². The van der Waals surface area contributed by atoms with Gasteiger partial charge in [0.1, 0.15) is 18.3 Å². The monoisotopic (exact) mass is 729 g/mol. The average Bonchev–Trinajstić information content (AvgIpc) is 3.09. The van der Waals surface area contributed by atoms with Gasteiger partial charge >= 0.3 is 6.18 Å². The van der Waals surface area contributed by atoms with E-state index in [0.29, 0.717) is 34.7 Å². The van der Waals surface area contributed by atoms with E-state index in [4.69, 9.17) is 16.3 Å². The summed E-state index contributed by atoms with van der Waals surface area (Å²) in [5, 5.41) is 2.26. The molecule has 0 aromatic heterocycles. The van der Waals surface area contributed by atoms with Crippen LogP contribution >= 0.6 is 11.6 Å². The molecular formula is C37H39ClF3N3O5S. The molecule has 50 heavy (non-hydrogen) atoms. The predicted octanol–water partition coefficient (Wildman–Crippen LogP) is 7.43. The van der Waals surface area contributed by atoms with Crippen LogP contribution in [0.1, 0.15) is 42.0 Å². The Kier molecular flexibility index (Phi) is 12.9. The highest BCUT2D eigenvalue weighted by atomic mass is 35.5. The molecule has 0 saturated carbocycles. The second-order valence-corrected chi connectivity index (χ2v) is 14.0. The number of unbranched alkanes of at least 4 members (excludes halogenated alkanes) is 1. The second kappa shape index (κ2) is 16.9. The molecule has 4 aromatic rings. The average molecular weight is 730 g/mol. The van der Waals surface area contributed by atoms with E-state index < -0.39 is 56.9 Å². The van der Waals surface area contributed by atoms with Crippen molar-refractivity contribution in [3.8, 4) is 5.75 Å². The van der Waals surface area contributed by atoms with Crippen molar-refractivity contribution < 1.29 is 35.9 Å². The Morgan fingerprint density at radius 3 is 2.24 bits per heavy atom. The van der Waals surface area contributed by atoms with Gasteiger partial charge in [0.2, 0.25) is 11.8 Å². The summed E-state index contributed by atoms with van der Waals surface area (Å²) < 4.78 is 76.4. The molecule has 0 heterocycles. The standard InChI is InChI=1S/C37H39ClF3N3O5S/c1-4-5-20-42-36(46)34(22-27-10-7-6-8-11-27)43(24-28-12-9-13-30(21-28)49-3)35(45)25-44(50(47,48)31-17-14-26(2)15-18-31)29-16-19-33(38)32(23-29)37(39,40)41/h6-19,21,23,34H,4-5,20,22,24-25H2,1-3H3,(H,42,46). The molecule has 8 nitrogen and oxygen atoms in total. The van der Waals surface area contributed by atoms with Crippen LogP contribution < -0.4 is 14.4 Å². The van der Waals surface area contributed by atoms with Crippen LogP contribution in [0.4, 0.5) is 18.9 Å². The van der Waals surface area contributed by atoms with E-state index in [1.807, 2.05) is 13.0 Å². The minimum Gasteiger partial charge on any atom is -0.497 e. The van der Waals surface area contributed by atoms with E-state index in [1.165, 1.54) is 24.1 Å². The molecule has 0 bridgehead atoms. The lowest BCUT2D eigenvalue weighted by Gasteiger charge is -2.34. The van der Waals surface area contributed by atoms with E-state index >= 15 is 0 Å². The lowest BCUT2D eigenvalue weighted by molar-refractivity contribution is -0.140. The van der Waals surface area contributed by atoms with Gasteiger partial charge in [-0.3, -0.25) is 13.9 Å². The van der Waals surface area contributed by atoms with Gasteiger partial charge in [-0.15, -0.1) is 0 Å². The van der Waals surface area contributed by atoms with Crippen molar-refractivity contribution in [1.29, 1.82) is 0 Å². The molecule has 0 fully saturated rings. The Morgan fingerprint density at radius 1 is 0.920 bits per heavy atom. The number of aryl methyl sites for hydroxylation is 1. The van der Waals surface area contributed by atoms with E-state index in [2.05, 4.69) is 5.32 Å². The maximum atomic E-state index is 14.6. The van der Waals surface area contributed by atoms with Gasteiger partial charge in [-0.25, -0.2) is 8.42 Å². The van der Waals surface area contributed by atoms with Crippen molar-refractivity contribution >= 4 is 39.1 Å². The highest BCUT2D eigenvalue weighted by Gasteiger charge is 2.37. The fraction of sp³-hybridized carbons (Fsp3) is 0.297. The number of hydrogen-bond acceptors (Lipinski definition) is 5. The largest absolute Gasteiger partial charge is 0.497 e. The zero-order valence-corrected chi connectivity index (χ0v) is 29.5. The van der Waals surface area contributed by atoms with Crippen LogP contribution in [0, 0.1) is 6.92 Å². The normalized spacial score (nSPS) is 12.2. The fourth-order valence-corrected chi connectivity index (χ4v) is 6.91. The maximum absolute atomic E-state index is 14.6. The van der Waals surface area contributed by atoms with Crippen molar-refractivity contribution in [2.24, 2.45) is 0 Å². The zero-order chi connectivity index (χ0) is 36.5. The van der Waals surface area contributed by atoms with Gasteiger partial charge in [-0.1, -0.05) is 85.1 Å². The number of carbonyl (C=O) groups excluding carboxylic acids is 2. The van der Waals surface area contributed by atoms with Gasteiger partial charge in [-0.2, -0.15) is 13.2 Å². The molecule has 13 heteroatoms. The van der Waals surface area contributed by atoms with Crippen LogP contribution in [0.2, 0.25) is 5.02 Å². The Morgan fingerprint density at radius 2 is 1.60 bits per heavy atom. The maximum Gasteiger partial charge on any atom is 0.417 e. The second-order valence-electron chi connectivity index (χ2n) is 11.7.